The quantitative estimate of drug-likeness (QED) is 0.603. The van der Waals surface area contributed by atoms with Crippen LogP contribution in [0.25, 0.3) is 27.8 Å². The van der Waals surface area contributed by atoms with Crippen LogP contribution < -0.4 is 0 Å². The monoisotopic (exact) mass is 308 g/mol. The van der Waals surface area contributed by atoms with Crippen molar-refractivity contribution in [1.82, 2.24) is 0 Å². The smallest absolute Gasteiger partial charge is 0.123 e. The minimum absolute atomic E-state index is 0.288. The highest BCUT2D eigenvalue weighted by atomic mass is 16.3. The van der Waals surface area contributed by atoms with Gasteiger partial charge >= 0.3 is 0 Å². The summed E-state index contributed by atoms with van der Waals surface area (Å²) in [6.45, 7) is 0. The van der Waals surface area contributed by atoms with Gasteiger partial charge in [0.15, 0.2) is 0 Å². The lowest BCUT2D eigenvalue weighted by Crippen LogP contribution is -1.85. The van der Waals surface area contributed by atoms with E-state index in [1.165, 1.54) is 5.56 Å². The van der Waals surface area contributed by atoms with E-state index in [2.05, 4.69) is 30.0 Å². The Morgan fingerprint density at radius 1 is 0.667 bits per heavy atom. The molecule has 1 nitrogen and oxygen atoms in total. The van der Waals surface area contributed by atoms with E-state index < -0.39 is 0 Å². The number of hydrogen-bond acceptors (Lipinski definition) is 1. The van der Waals surface area contributed by atoms with Gasteiger partial charge in [-0.3, -0.25) is 0 Å². The van der Waals surface area contributed by atoms with E-state index in [1.807, 2.05) is 60.7 Å². The van der Waals surface area contributed by atoms with Gasteiger partial charge in [0.25, 0.3) is 0 Å². The van der Waals surface area contributed by atoms with Crippen molar-refractivity contribution in [3.63, 3.8) is 0 Å². The van der Waals surface area contributed by atoms with Gasteiger partial charge in [0.05, 0.1) is 0 Å². The Balaban J connectivity index is 1.80. The largest absolute Gasteiger partial charge is 0.507 e. The number of allylic oxidation sites excluding steroid dienone is 3. The first kappa shape index (κ1) is 14.3. The van der Waals surface area contributed by atoms with Gasteiger partial charge in [0.2, 0.25) is 0 Å². The molecule has 0 spiro atoms. The van der Waals surface area contributed by atoms with E-state index in [-0.39, 0.29) is 5.75 Å². The van der Waals surface area contributed by atoms with Crippen molar-refractivity contribution in [1.29, 1.82) is 0 Å². The van der Waals surface area contributed by atoms with Crippen molar-refractivity contribution < 1.29 is 5.11 Å². The van der Waals surface area contributed by atoms with E-state index >= 15 is 0 Å². The molecule has 0 heterocycles. The van der Waals surface area contributed by atoms with Gasteiger partial charge < -0.3 is 5.11 Å². The Morgan fingerprint density at radius 2 is 1.46 bits per heavy atom. The molecule has 1 aliphatic carbocycles. The summed E-state index contributed by atoms with van der Waals surface area (Å²) in [4.78, 5) is 0. The standard InChI is InChI=1S/C23H16O/c24-23-14-13-20(18-9-4-5-10-18)16-22(23)21-12-6-11-19(15-21)17-7-2-1-3-8-17/h1-9,11-16,24H. The predicted octanol–water partition coefficient (Wildman–Crippen LogP) is 5.83. The first-order valence-electron chi connectivity index (χ1n) is 7.94. The van der Waals surface area contributed by atoms with Crippen LogP contribution in [0.15, 0.2) is 96.8 Å². The SMILES string of the molecule is Oc1ccc(C2=C=CC=C2)cc1-c1cccc(-c2ccccc2)c1. The normalized spacial score (nSPS) is 12.4. The summed E-state index contributed by atoms with van der Waals surface area (Å²) in [6, 6.07) is 24.2. The molecule has 1 heteroatoms. The van der Waals surface area contributed by atoms with E-state index in [1.54, 1.807) is 6.07 Å². The van der Waals surface area contributed by atoms with Crippen molar-refractivity contribution in [2.75, 3.05) is 0 Å². The Morgan fingerprint density at radius 3 is 2.25 bits per heavy atom. The summed E-state index contributed by atoms with van der Waals surface area (Å²) in [7, 11) is 0. The molecule has 0 fully saturated rings. The molecule has 0 unspecified atom stereocenters. The zero-order chi connectivity index (χ0) is 16.4. The Kier molecular flexibility index (Phi) is 3.63. The van der Waals surface area contributed by atoms with Crippen molar-refractivity contribution >= 4 is 5.57 Å². The van der Waals surface area contributed by atoms with Crippen LogP contribution in [0.1, 0.15) is 5.56 Å². The summed E-state index contributed by atoms with van der Waals surface area (Å²) < 4.78 is 0. The number of rotatable bonds is 3. The maximum absolute atomic E-state index is 10.3. The lowest BCUT2D eigenvalue weighted by atomic mass is 9.96. The van der Waals surface area contributed by atoms with Crippen molar-refractivity contribution in [2.45, 2.75) is 0 Å². The maximum atomic E-state index is 10.3. The van der Waals surface area contributed by atoms with Crippen molar-refractivity contribution in [3.8, 4) is 28.0 Å². The van der Waals surface area contributed by atoms with E-state index in [9.17, 15) is 5.11 Å². The highest BCUT2D eigenvalue weighted by Crippen LogP contribution is 2.34. The van der Waals surface area contributed by atoms with Gasteiger partial charge in [0.1, 0.15) is 5.75 Å². The van der Waals surface area contributed by atoms with E-state index in [4.69, 9.17) is 0 Å². The van der Waals surface area contributed by atoms with Gasteiger partial charge in [-0.05, 0) is 52.6 Å². The molecule has 0 saturated carbocycles. The molecule has 0 bridgehead atoms. The van der Waals surface area contributed by atoms with Crippen LogP contribution in [-0.4, -0.2) is 5.11 Å². The van der Waals surface area contributed by atoms with Crippen LogP contribution in [-0.2, 0) is 0 Å². The average molecular weight is 308 g/mol. The summed E-state index contributed by atoms with van der Waals surface area (Å²) in [5, 5.41) is 10.3. The van der Waals surface area contributed by atoms with Crippen molar-refractivity contribution in [3.05, 3.63) is 102 Å². The summed E-state index contributed by atoms with van der Waals surface area (Å²) in [5.74, 6) is 0.288. The van der Waals surface area contributed by atoms with Crippen LogP contribution in [0.2, 0.25) is 0 Å². The number of aromatic hydroxyl groups is 1. The third kappa shape index (κ3) is 2.69. The molecule has 0 atom stereocenters. The molecule has 0 amide bonds. The number of phenols is 1. The van der Waals surface area contributed by atoms with E-state index in [0.717, 1.165) is 27.8 Å². The Bertz CT molecular complexity index is 988. The number of phenolic OH excluding ortho intramolecular Hbond substituents is 1. The fourth-order valence-corrected chi connectivity index (χ4v) is 2.94. The molecule has 24 heavy (non-hydrogen) atoms. The summed E-state index contributed by atoms with van der Waals surface area (Å²) >= 11 is 0. The fourth-order valence-electron chi connectivity index (χ4n) is 2.94. The van der Waals surface area contributed by atoms with Gasteiger partial charge in [-0.2, -0.15) is 0 Å². The summed E-state index contributed by atoms with van der Waals surface area (Å²) in [5.41, 5.74) is 9.44. The van der Waals surface area contributed by atoms with Crippen molar-refractivity contribution in [2.24, 2.45) is 0 Å². The highest BCUT2D eigenvalue weighted by molar-refractivity contribution is 5.82. The number of benzene rings is 3. The zero-order valence-corrected chi connectivity index (χ0v) is 13.1. The minimum atomic E-state index is 0.288. The molecule has 0 radical (unpaired) electrons. The topological polar surface area (TPSA) is 20.2 Å². The molecular formula is C23H16O. The minimum Gasteiger partial charge on any atom is -0.507 e. The third-order valence-corrected chi connectivity index (χ3v) is 4.19. The van der Waals surface area contributed by atoms with Crippen LogP contribution in [0.5, 0.6) is 5.75 Å². The molecular weight excluding hydrogens is 292 g/mol. The van der Waals surface area contributed by atoms with Crippen LogP contribution in [0.3, 0.4) is 0 Å². The molecule has 114 valence electrons. The molecule has 4 rings (SSSR count). The van der Waals surface area contributed by atoms with Crippen LogP contribution in [0.4, 0.5) is 0 Å². The van der Waals surface area contributed by atoms with E-state index in [0.29, 0.717) is 0 Å². The van der Waals surface area contributed by atoms with Crippen LogP contribution >= 0.6 is 0 Å². The molecule has 0 aliphatic heterocycles. The molecule has 0 saturated heterocycles. The molecule has 1 N–H and O–H groups in total. The molecule has 3 aromatic carbocycles. The number of hydrogen-bond donors (Lipinski definition) is 1. The van der Waals surface area contributed by atoms with Gasteiger partial charge in [-0.15, -0.1) is 5.73 Å². The fraction of sp³-hybridized carbons (Fsp3) is 0. The lowest BCUT2D eigenvalue weighted by molar-refractivity contribution is 0.477. The second-order valence-electron chi connectivity index (χ2n) is 5.76. The zero-order valence-electron chi connectivity index (χ0n) is 13.1. The second-order valence-corrected chi connectivity index (χ2v) is 5.76. The second kappa shape index (κ2) is 6.08. The maximum Gasteiger partial charge on any atom is 0.123 e. The molecule has 0 aromatic heterocycles. The molecule has 1 aliphatic rings. The first-order chi connectivity index (χ1) is 11.8. The summed E-state index contributed by atoms with van der Waals surface area (Å²) in [6.07, 6.45) is 5.90. The lowest BCUT2D eigenvalue weighted by Gasteiger charge is -2.10. The van der Waals surface area contributed by atoms with Crippen LogP contribution in [0, 0.1) is 0 Å². The third-order valence-electron chi connectivity index (χ3n) is 4.19. The van der Waals surface area contributed by atoms with Gasteiger partial charge in [-0.1, -0.05) is 60.7 Å². The Hall–Kier alpha value is -3.28. The van der Waals surface area contributed by atoms with Gasteiger partial charge in [-0.25, -0.2) is 0 Å². The Labute approximate surface area is 141 Å². The average Bonchev–Trinajstić information content (AvgIpc) is 3.18. The first-order valence-corrected chi connectivity index (χ1v) is 7.94. The highest BCUT2D eigenvalue weighted by Gasteiger charge is 2.09. The predicted molar refractivity (Wildman–Crippen MR) is 99.6 cm³/mol. The molecule has 3 aromatic rings. The van der Waals surface area contributed by atoms with Gasteiger partial charge in [0, 0.05) is 11.1 Å².